The number of likely N-dealkylation sites (tertiary alicyclic amines) is 1. The van der Waals surface area contributed by atoms with Crippen molar-refractivity contribution in [3.8, 4) is 11.5 Å². The smallest absolute Gasteiger partial charge is 0.253 e. The molecule has 0 radical (unpaired) electrons. The normalized spacial score (nSPS) is 17.1. The Bertz CT molecular complexity index is 664. The topological polar surface area (TPSA) is 38.8 Å². The van der Waals surface area contributed by atoms with Crippen LogP contribution in [0.5, 0.6) is 11.5 Å². The minimum atomic E-state index is 0.0867. The molecule has 1 aliphatic rings. The Kier molecular flexibility index (Phi) is 4.51. The van der Waals surface area contributed by atoms with Gasteiger partial charge in [-0.1, -0.05) is 12.1 Å². The largest absolute Gasteiger partial charge is 0.497 e. The first-order valence-corrected chi connectivity index (χ1v) is 7.78. The minimum absolute atomic E-state index is 0.0867. The Hall–Kier alpha value is -2.49. The van der Waals surface area contributed by atoms with E-state index in [1.54, 1.807) is 14.2 Å². The zero-order chi connectivity index (χ0) is 16.2. The molecule has 1 heterocycles. The van der Waals surface area contributed by atoms with Crippen molar-refractivity contribution < 1.29 is 14.3 Å². The number of rotatable bonds is 4. The summed E-state index contributed by atoms with van der Waals surface area (Å²) in [5.74, 6) is 2.10. The molecule has 2 aromatic rings. The molecule has 0 bridgehead atoms. The highest BCUT2D eigenvalue weighted by atomic mass is 16.5. The van der Waals surface area contributed by atoms with E-state index in [2.05, 4.69) is 12.1 Å². The van der Waals surface area contributed by atoms with E-state index in [1.165, 1.54) is 5.56 Å². The second-order valence-electron chi connectivity index (χ2n) is 5.74. The van der Waals surface area contributed by atoms with Crippen LogP contribution in [0, 0.1) is 0 Å². The molecule has 0 N–H and O–H groups in total. The average molecular weight is 311 g/mol. The van der Waals surface area contributed by atoms with Crippen molar-refractivity contribution in [1.29, 1.82) is 0 Å². The number of methoxy groups -OCH3 is 2. The van der Waals surface area contributed by atoms with E-state index in [4.69, 9.17) is 9.47 Å². The van der Waals surface area contributed by atoms with Crippen molar-refractivity contribution >= 4 is 5.91 Å². The lowest BCUT2D eigenvalue weighted by molar-refractivity contribution is 0.0791. The third-order valence-electron chi connectivity index (χ3n) is 4.40. The summed E-state index contributed by atoms with van der Waals surface area (Å²) in [6, 6.07) is 15.4. The molecule has 1 fully saturated rings. The molecule has 3 rings (SSSR count). The third-order valence-corrected chi connectivity index (χ3v) is 4.40. The van der Waals surface area contributed by atoms with Crippen LogP contribution in [0.25, 0.3) is 0 Å². The zero-order valence-corrected chi connectivity index (χ0v) is 13.5. The van der Waals surface area contributed by atoms with E-state index < -0.39 is 0 Å². The molecular weight excluding hydrogens is 290 g/mol. The van der Waals surface area contributed by atoms with Crippen LogP contribution in [0.15, 0.2) is 48.5 Å². The molecule has 0 unspecified atom stereocenters. The predicted octanol–water partition coefficient (Wildman–Crippen LogP) is 3.33. The molecule has 0 aromatic heterocycles. The maximum Gasteiger partial charge on any atom is 0.253 e. The van der Waals surface area contributed by atoms with Gasteiger partial charge in [-0.25, -0.2) is 0 Å². The molecule has 1 aliphatic heterocycles. The molecule has 1 saturated heterocycles. The van der Waals surface area contributed by atoms with Gasteiger partial charge in [-0.05, 0) is 48.4 Å². The van der Waals surface area contributed by atoms with Crippen molar-refractivity contribution in [2.75, 3.05) is 27.3 Å². The van der Waals surface area contributed by atoms with Crippen LogP contribution in [-0.4, -0.2) is 38.1 Å². The van der Waals surface area contributed by atoms with E-state index >= 15 is 0 Å². The second-order valence-corrected chi connectivity index (χ2v) is 5.74. The fourth-order valence-corrected chi connectivity index (χ4v) is 3.01. The van der Waals surface area contributed by atoms with E-state index in [1.807, 2.05) is 41.3 Å². The van der Waals surface area contributed by atoms with Crippen molar-refractivity contribution in [3.63, 3.8) is 0 Å². The molecule has 23 heavy (non-hydrogen) atoms. The summed E-state index contributed by atoms with van der Waals surface area (Å²) in [6.45, 7) is 1.55. The van der Waals surface area contributed by atoms with Gasteiger partial charge < -0.3 is 14.4 Å². The van der Waals surface area contributed by atoms with E-state index in [-0.39, 0.29) is 5.91 Å². The van der Waals surface area contributed by atoms with Crippen molar-refractivity contribution in [2.45, 2.75) is 12.3 Å². The summed E-state index contributed by atoms with van der Waals surface area (Å²) in [5, 5.41) is 0. The minimum Gasteiger partial charge on any atom is -0.497 e. The Labute approximate surface area is 136 Å². The standard InChI is InChI=1S/C19H21NO3/c1-22-17-7-3-14(4-8-17)16-11-12-20(13-16)19(21)15-5-9-18(23-2)10-6-15/h3-10,16H,11-13H2,1-2H3/t16-/m0/s1. The van der Waals surface area contributed by atoms with Gasteiger partial charge in [0.2, 0.25) is 0 Å². The van der Waals surface area contributed by atoms with Gasteiger partial charge in [-0.3, -0.25) is 4.79 Å². The van der Waals surface area contributed by atoms with E-state index in [0.29, 0.717) is 11.5 Å². The number of benzene rings is 2. The van der Waals surface area contributed by atoms with Crippen LogP contribution in [0.1, 0.15) is 28.3 Å². The molecule has 1 amide bonds. The lowest BCUT2D eigenvalue weighted by Crippen LogP contribution is -2.28. The van der Waals surface area contributed by atoms with Gasteiger partial charge in [-0.2, -0.15) is 0 Å². The van der Waals surface area contributed by atoms with Crippen molar-refractivity contribution in [3.05, 3.63) is 59.7 Å². The van der Waals surface area contributed by atoms with Crippen LogP contribution < -0.4 is 9.47 Å². The van der Waals surface area contributed by atoms with Gasteiger partial charge in [-0.15, -0.1) is 0 Å². The first-order valence-electron chi connectivity index (χ1n) is 7.78. The summed E-state index contributed by atoms with van der Waals surface area (Å²) in [6.07, 6.45) is 0.994. The number of hydrogen-bond donors (Lipinski definition) is 0. The summed E-state index contributed by atoms with van der Waals surface area (Å²) in [4.78, 5) is 14.5. The lowest BCUT2D eigenvalue weighted by atomic mass is 9.98. The first kappa shape index (κ1) is 15.4. The number of ether oxygens (including phenoxy) is 2. The second kappa shape index (κ2) is 6.73. The Morgan fingerprint density at radius 1 is 0.957 bits per heavy atom. The molecule has 0 aliphatic carbocycles. The maximum atomic E-state index is 12.6. The maximum absolute atomic E-state index is 12.6. The van der Waals surface area contributed by atoms with Crippen LogP contribution in [0.2, 0.25) is 0 Å². The summed E-state index contributed by atoms with van der Waals surface area (Å²) in [7, 11) is 3.29. The average Bonchev–Trinajstić information content (AvgIpc) is 3.11. The van der Waals surface area contributed by atoms with Crippen molar-refractivity contribution in [2.24, 2.45) is 0 Å². The molecule has 0 saturated carbocycles. The highest BCUT2D eigenvalue weighted by molar-refractivity contribution is 5.94. The number of hydrogen-bond acceptors (Lipinski definition) is 3. The number of carbonyl (C=O) groups is 1. The fraction of sp³-hybridized carbons (Fsp3) is 0.316. The van der Waals surface area contributed by atoms with Crippen LogP contribution in [-0.2, 0) is 0 Å². The molecule has 2 aromatic carbocycles. The highest BCUT2D eigenvalue weighted by Gasteiger charge is 2.27. The summed E-state index contributed by atoms with van der Waals surface area (Å²) >= 11 is 0. The van der Waals surface area contributed by atoms with Crippen molar-refractivity contribution in [1.82, 2.24) is 4.90 Å². The quantitative estimate of drug-likeness (QED) is 0.869. The van der Waals surface area contributed by atoms with E-state index in [0.717, 1.165) is 31.0 Å². The Morgan fingerprint density at radius 2 is 1.52 bits per heavy atom. The molecule has 1 atom stereocenters. The zero-order valence-electron chi connectivity index (χ0n) is 13.5. The predicted molar refractivity (Wildman–Crippen MR) is 89.2 cm³/mol. The monoisotopic (exact) mass is 311 g/mol. The number of nitrogens with zero attached hydrogens (tertiary/aromatic N) is 1. The van der Waals surface area contributed by atoms with Gasteiger partial charge in [0, 0.05) is 24.6 Å². The lowest BCUT2D eigenvalue weighted by Gasteiger charge is -2.17. The van der Waals surface area contributed by atoms with Gasteiger partial charge in [0.15, 0.2) is 0 Å². The molecule has 0 spiro atoms. The van der Waals surface area contributed by atoms with Gasteiger partial charge in [0.25, 0.3) is 5.91 Å². The fourth-order valence-electron chi connectivity index (χ4n) is 3.01. The Balaban J connectivity index is 1.67. The van der Waals surface area contributed by atoms with Gasteiger partial charge in [0.1, 0.15) is 11.5 Å². The molecular formula is C19H21NO3. The number of carbonyl (C=O) groups excluding carboxylic acids is 1. The summed E-state index contributed by atoms with van der Waals surface area (Å²) < 4.78 is 10.3. The molecule has 4 heteroatoms. The molecule has 4 nitrogen and oxygen atoms in total. The third kappa shape index (κ3) is 3.31. The Morgan fingerprint density at radius 3 is 2.09 bits per heavy atom. The van der Waals surface area contributed by atoms with Crippen LogP contribution >= 0.6 is 0 Å². The number of amides is 1. The molecule has 120 valence electrons. The SMILES string of the molecule is COc1ccc(C(=O)N2CC[C@H](c3ccc(OC)cc3)C2)cc1. The van der Waals surface area contributed by atoms with Gasteiger partial charge >= 0.3 is 0 Å². The van der Waals surface area contributed by atoms with Crippen LogP contribution in [0.3, 0.4) is 0 Å². The first-order chi connectivity index (χ1) is 11.2. The van der Waals surface area contributed by atoms with Gasteiger partial charge in [0.05, 0.1) is 14.2 Å². The van der Waals surface area contributed by atoms with Crippen LogP contribution in [0.4, 0.5) is 0 Å². The summed E-state index contributed by atoms with van der Waals surface area (Å²) in [5.41, 5.74) is 1.97. The highest BCUT2D eigenvalue weighted by Crippen LogP contribution is 2.29. The van der Waals surface area contributed by atoms with E-state index in [9.17, 15) is 4.79 Å².